The molecule has 1 aliphatic rings. The summed E-state index contributed by atoms with van der Waals surface area (Å²) in [6.07, 6.45) is 5.90. The molecule has 0 heterocycles. The van der Waals surface area contributed by atoms with Gasteiger partial charge in [0.25, 0.3) is 10.0 Å². The first-order chi connectivity index (χ1) is 9.42. The Kier molecular flexibility index (Phi) is 4.26. The van der Waals surface area contributed by atoms with Gasteiger partial charge in [-0.15, -0.1) is 12.3 Å². The Morgan fingerprint density at radius 3 is 2.55 bits per heavy atom. The van der Waals surface area contributed by atoms with Crippen LogP contribution < -0.4 is 0 Å². The van der Waals surface area contributed by atoms with Gasteiger partial charge in [-0.2, -0.15) is 12.8 Å². The molecule has 2 atom stereocenters. The van der Waals surface area contributed by atoms with Gasteiger partial charge in [0.15, 0.2) is 0 Å². The van der Waals surface area contributed by atoms with Crippen LogP contribution in [0.2, 0.25) is 0 Å². The first-order valence-corrected chi connectivity index (χ1v) is 7.90. The van der Waals surface area contributed by atoms with E-state index < -0.39 is 16.1 Å². The van der Waals surface area contributed by atoms with Gasteiger partial charge >= 0.3 is 0 Å². The summed E-state index contributed by atoms with van der Waals surface area (Å²) < 4.78 is 28.2. The molecular formula is C15H17NO3S. The number of hydrogen-bond donors (Lipinski definition) is 1. The number of aliphatic hydroxyl groups is 1. The molecule has 0 spiro atoms. The van der Waals surface area contributed by atoms with Crippen molar-refractivity contribution in [2.45, 2.75) is 37.2 Å². The van der Waals surface area contributed by atoms with E-state index >= 15 is 0 Å². The van der Waals surface area contributed by atoms with Gasteiger partial charge in [0.05, 0.1) is 11.0 Å². The molecule has 0 saturated heterocycles. The molecule has 0 unspecified atom stereocenters. The number of benzene rings is 1. The minimum absolute atomic E-state index is 0.171. The normalized spacial score (nSPS) is 25.4. The number of aliphatic hydroxyl groups excluding tert-OH is 1. The van der Waals surface area contributed by atoms with Gasteiger partial charge in [0, 0.05) is 18.1 Å². The standard InChI is InChI=1S/C15H17NO3S/c1-3-12-6-7-13(10-15(12)17)16-20(18,19)14-8-4-11(2)5-9-14/h1,4-5,8-9,12,15,17H,6-7,10H2,2H3/t12-,15-/m1/s1. The van der Waals surface area contributed by atoms with Crippen LogP contribution >= 0.6 is 0 Å². The maximum atomic E-state index is 12.2. The third kappa shape index (κ3) is 3.27. The van der Waals surface area contributed by atoms with Crippen LogP contribution in [-0.4, -0.2) is 25.3 Å². The van der Waals surface area contributed by atoms with Crippen LogP contribution in [0.5, 0.6) is 0 Å². The smallest absolute Gasteiger partial charge is 0.282 e. The molecule has 5 heteroatoms. The Hall–Kier alpha value is -1.64. The molecule has 1 aromatic rings. The van der Waals surface area contributed by atoms with Crippen molar-refractivity contribution in [3.63, 3.8) is 0 Å². The molecule has 1 N–H and O–H groups in total. The van der Waals surface area contributed by atoms with Crippen LogP contribution in [0, 0.1) is 25.2 Å². The van der Waals surface area contributed by atoms with E-state index in [1.807, 2.05) is 6.92 Å². The van der Waals surface area contributed by atoms with E-state index in [1.54, 1.807) is 12.1 Å². The molecule has 106 valence electrons. The van der Waals surface area contributed by atoms with Crippen LogP contribution in [0.1, 0.15) is 24.8 Å². The SMILES string of the molecule is C#C[C@@H]1CCC(=NS(=O)(=O)c2ccc(C)cc2)C[C@H]1O. The molecule has 1 aromatic carbocycles. The minimum Gasteiger partial charge on any atom is -0.391 e. The highest BCUT2D eigenvalue weighted by atomic mass is 32.2. The van der Waals surface area contributed by atoms with Gasteiger partial charge in [0.1, 0.15) is 0 Å². The summed E-state index contributed by atoms with van der Waals surface area (Å²) in [6.45, 7) is 1.89. The number of nitrogens with zero attached hydrogens (tertiary/aromatic N) is 1. The molecule has 0 aliphatic heterocycles. The molecule has 0 bridgehead atoms. The second-order valence-electron chi connectivity index (χ2n) is 5.03. The highest BCUT2D eigenvalue weighted by Crippen LogP contribution is 2.24. The van der Waals surface area contributed by atoms with E-state index in [-0.39, 0.29) is 17.2 Å². The molecule has 4 nitrogen and oxygen atoms in total. The lowest BCUT2D eigenvalue weighted by atomic mass is 9.86. The third-order valence-corrected chi connectivity index (χ3v) is 4.80. The molecule has 1 fully saturated rings. The van der Waals surface area contributed by atoms with E-state index in [4.69, 9.17) is 6.42 Å². The molecule has 0 aromatic heterocycles. The Morgan fingerprint density at radius 2 is 2.00 bits per heavy atom. The molecule has 0 radical (unpaired) electrons. The summed E-state index contributed by atoms with van der Waals surface area (Å²) in [5, 5.41) is 9.82. The van der Waals surface area contributed by atoms with Gasteiger partial charge in [-0.1, -0.05) is 17.7 Å². The van der Waals surface area contributed by atoms with Gasteiger partial charge in [-0.05, 0) is 31.9 Å². The monoisotopic (exact) mass is 291 g/mol. The number of hydrogen-bond acceptors (Lipinski definition) is 3. The summed E-state index contributed by atoms with van der Waals surface area (Å²) in [7, 11) is -3.70. The second-order valence-corrected chi connectivity index (χ2v) is 6.63. The van der Waals surface area contributed by atoms with Gasteiger partial charge in [0.2, 0.25) is 0 Å². The summed E-state index contributed by atoms with van der Waals surface area (Å²) in [5.74, 6) is 2.31. The van der Waals surface area contributed by atoms with Gasteiger partial charge in [-0.3, -0.25) is 0 Å². The lowest BCUT2D eigenvalue weighted by Crippen LogP contribution is -2.29. The topological polar surface area (TPSA) is 66.7 Å². The zero-order valence-corrected chi connectivity index (χ0v) is 12.1. The zero-order chi connectivity index (χ0) is 14.8. The summed E-state index contributed by atoms with van der Waals surface area (Å²) in [5.41, 5.74) is 1.48. The third-order valence-electron chi connectivity index (χ3n) is 3.44. The highest BCUT2D eigenvalue weighted by molar-refractivity contribution is 7.90. The van der Waals surface area contributed by atoms with Crippen LogP contribution in [0.25, 0.3) is 0 Å². The average molecular weight is 291 g/mol. The fourth-order valence-electron chi connectivity index (χ4n) is 2.21. The van der Waals surface area contributed by atoms with E-state index in [9.17, 15) is 13.5 Å². The Bertz CT molecular complexity index is 653. The van der Waals surface area contributed by atoms with Crippen molar-refractivity contribution in [3.8, 4) is 12.3 Å². The molecule has 20 heavy (non-hydrogen) atoms. The Balaban J connectivity index is 2.22. The van der Waals surface area contributed by atoms with Crippen molar-refractivity contribution >= 4 is 15.7 Å². The summed E-state index contributed by atoms with van der Waals surface area (Å²) in [6, 6.07) is 6.55. The van der Waals surface area contributed by atoms with Gasteiger partial charge in [-0.25, -0.2) is 0 Å². The Morgan fingerprint density at radius 1 is 1.35 bits per heavy atom. The molecule has 0 amide bonds. The van der Waals surface area contributed by atoms with Crippen molar-refractivity contribution < 1.29 is 13.5 Å². The van der Waals surface area contributed by atoms with E-state index in [0.717, 1.165) is 5.56 Å². The van der Waals surface area contributed by atoms with Crippen LogP contribution in [-0.2, 0) is 10.0 Å². The number of terminal acetylenes is 1. The average Bonchev–Trinajstić information content (AvgIpc) is 2.39. The lowest BCUT2D eigenvalue weighted by Gasteiger charge is -2.24. The summed E-state index contributed by atoms with van der Waals surface area (Å²) >= 11 is 0. The van der Waals surface area contributed by atoms with E-state index in [1.165, 1.54) is 12.1 Å². The van der Waals surface area contributed by atoms with Crippen molar-refractivity contribution in [1.82, 2.24) is 0 Å². The zero-order valence-electron chi connectivity index (χ0n) is 11.3. The van der Waals surface area contributed by atoms with Crippen molar-refractivity contribution in [3.05, 3.63) is 29.8 Å². The minimum atomic E-state index is -3.70. The second kappa shape index (κ2) is 5.78. The maximum absolute atomic E-state index is 12.2. The van der Waals surface area contributed by atoms with E-state index in [0.29, 0.717) is 18.6 Å². The predicted octanol–water partition coefficient (Wildman–Crippen LogP) is 1.92. The largest absolute Gasteiger partial charge is 0.391 e. The lowest BCUT2D eigenvalue weighted by molar-refractivity contribution is 0.129. The van der Waals surface area contributed by atoms with Crippen molar-refractivity contribution in [2.24, 2.45) is 10.3 Å². The van der Waals surface area contributed by atoms with Crippen LogP contribution in [0.4, 0.5) is 0 Å². The number of sulfonamides is 1. The van der Waals surface area contributed by atoms with Crippen molar-refractivity contribution in [2.75, 3.05) is 0 Å². The van der Waals surface area contributed by atoms with Gasteiger partial charge < -0.3 is 5.11 Å². The first-order valence-electron chi connectivity index (χ1n) is 6.46. The fraction of sp³-hybridized carbons (Fsp3) is 0.400. The molecular weight excluding hydrogens is 274 g/mol. The maximum Gasteiger partial charge on any atom is 0.282 e. The predicted molar refractivity (Wildman–Crippen MR) is 78.0 cm³/mol. The van der Waals surface area contributed by atoms with Crippen molar-refractivity contribution in [1.29, 1.82) is 0 Å². The van der Waals surface area contributed by atoms with E-state index in [2.05, 4.69) is 10.3 Å². The number of rotatable bonds is 2. The quantitative estimate of drug-likeness (QED) is 0.847. The van der Waals surface area contributed by atoms with Crippen LogP contribution in [0.15, 0.2) is 33.6 Å². The fourth-order valence-corrected chi connectivity index (χ4v) is 3.30. The molecule has 1 aliphatic carbocycles. The summed E-state index contributed by atoms with van der Waals surface area (Å²) in [4.78, 5) is 0.171. The number of aryl methyl sites for hydroxylation is 1. The highest BCUT2D eigenvalue weighted by Gasteiger charge is 2.26. The first kappa shape index (κ1) is 14.8. The Labute approximate surface area is 119 Å². The molecule has 2 rings (SSSR count). The van der Waals surface area contributed by atoms with Crippen LogP contribution in [0.3, 0.4) is 0 Å². The molecule has 1 saturated carbocycles.